The van der Waals surface area contributed by atoms with Gasteiger partial charge in [0.1, 0.15) is 5.01 Å². The molecule has 10 heteroatoms. The number of para-hydroxylation sites is 1. The van der Waals surface area contributed by atoms with Crippen LogP contribution in [0.4, 0.5) is 0 Å². The van der Waals surface area contributed by atoms with Gasteiger partial charge in [0.15, 0.2) is 11.0 Å². The van der Waals surface area contributed by atoms with E-state index in [4.69, 9.17) is 4.98 Å². The number of thiazole rings is 1. The van der Waals surface area contributed by atoms with Gasteiger partial charge in [0, 0.05) is 26.6 Å². The average Bonchev–Trinajstić information content (AvgIpc) is 3.37. The predicted molar refractivity (Wildman–Crippen MR) is 131 cm³/mol. The number of fused-ring (bicyclic) bond motifs is 1. The van der Waals surface area contributed by atoms with E-state index >= 15 is 0 Å². The molecule has 1 aromatic carbocycles. The molecule has 2 amide bonds. The van der Waals surface area contributed by atoms with E-state index in [9.17, 15) is 9.59 Å². The summed E-state index contributed by atoms with van der Waals surface area (Å²) in [6.07, 6.45) is 3.69. The lowest BCUT2D eigenvalue weighted by molar-refractivity contribution is -0.131. The summed E-state index contributed by atoms with van der Waals surface area (Å²) in [5.41, 5.74) is 0.964. The summed E-state index contributed by atoms with van der Waals surface area (Å²) < 4.78 is 3.13. The Kier molecular flexibility index (Phi) is 7.64. The second kappa shape index (κ2) is 10.6. The van der Waals surface area contributed by atoms with E-state index in [1.165, 1.54) is 11.8 Å². The van der Waals surface area contributed by atoms with Gasteiger partial charge in [0.25, 0.3) is 0 Å². The summed E-state index contributed by atoms with van der Waals surface area (Å²) in [6, 6.07) is 7.91. The van der Waals surface area contributed by atoms with Gasteiger partial charge in [-0.1, -0.05) is 30.3 Å². The molecule has 3 heterocycles. The lowest BCUT2D eigenvalue weighted by Crippen LogP contribution is -2.31. The fraction of sp³-hybridized carbons (Fsp3) is 0.522. The third-order valence-corrected chi connectivity index (χ3v) is 8.24. The molecule has 3 aromatic rings. The molecule has 0 aliphatic carbocycles. The highest BCUT2D eigenvalue weighted by Gasteiger charge is 2.23. The number of carbonyl (C=O) groups excluding carboxylic acids is 2. The van der Waals surface area contributed by atoms with E-state index in [0.717, 1.165) is 46.9 Å². The molecule has 1 aliphatic rings. The molecule has 1 atom stereocenters. The Balaban J connectivity index is 1.38. The Morgan fingerprint density at radius 1 is 1.24 bits per heavy atom. The first kappa shape index (κ1) is 23.7. The standard InChI is InChI=1S/C23H30N6O2S2/c1-4-29-19(14-28-13-9-5-6-12-20(28)30)25-26-23(29)32-15-21(31)27(3)16(2)22-24-17-10-7-8-11-18(17)33-22/h7-8,10-11,16H,4-6,9,12-15H2,1-3H3/t16-/m0/s1. The van der Waals surface area contributed by atoms with Crippen molar-refractivity contribution in [2.75, 3.05) is 19.3 Å². The van der Waals surface area contributed by atoms with Crippen molar-refractivity contribution < 1.29 is 9.59 Å². The molecular formula is C23H30N6O2S2. The van der Waals surface area contributed by atoms with Crippen LogP contribution in [0.25, 0.3) is 10.2 Å². The van der Waals surface area contributed by atoms with Gasteiger partial charge in [-0.15, -0.1) is 21.5 Å². The Labute approximate surface area is 202 Å². The highest BCUT2D eigenvalue weighted by molar-refractivity contribution is 7.99. The Morgan fingerprint density at radius 3 is 2.85 bits per heavy atom. The number of thioether (sulfide) groups is 1. The van der Waals surface area contributed by atoms with Gasteiger partial charge in [0.2, 0.25) is 11.8 Å². The van der Waals surface area contributed by atoms with Crippen LogP contribution in [0, 0.1) is 0 Å². The van der Waals surface area contributed by atoms with Gasteiger partial charge in [0.05, 0.1) is 28.6 Å². The molecular weight excluding hydrogens is 456 g/mol. The zero-order chi connectivity index (χ0) is 23.4. The van der Waals surface area contributed by atoms with Crippen molar-refractivity contribution in [3.63, 3.8) is 0 Å². The molecule has 4 rings (SSSR count). The maximum Gasteiger partial charge on any atom is 0.233 e. The van der Waals surface area contributed by atoms with E-state index in [2.05, 4.69) is 16.3 Å². The maximum atomic E-state index is 12.9. The van der Waals surface area contributed by atoms with Crippen molar-refractivity contribution in [3.8, 4) is 0 Å². The number of hydrogen-bond acceptors (Lipinski definition) is 7. The topological polar surface area (TPSA) is 84.2 Å². The van der Waals surface area contributed by atoms with Crippen LogP contribution in [0.5, 0.6) is 0 Å². The molecule has 1 aliphatic heterocycles. The van der Waals surface area contributed by atoms with Crippen molar-refractivity contribution >= 4 is 45.1 Å². The van der Waals surface area contributed by atoms with Crippen LogP contribution in [0.15, 0.2) is 29.4 Å². The zero-order valence-electron chi connectivity index (χ0n) is 19.4. The Morgan fingerprint density at radius 2 is 2.06 bits per heavy atom. The monoisotopic (exact) mass is 486 g/mol. The number of amides is 2. The van der Waals surface area contributed by atoms with Gasteiger partial charge in [-0.05, 0) is 38.8 Å². The van der Waals surface area contributed by atoms with Gasteiger partial charge in [-0.25, -0.2) is 4.98 Å². The summed E-state index contributed by atoms with van der Waals surface area (Å²) in [7, 11) is 1.82. The van der Waals surface area contributed by atoms with Gasteiger partial charge < -0.3 is 14.4 Å². The number of hydrogen-bond donors (Lipinski definition) is 0. The lowest BCUT2D eigenvalue weighted by atomic mass is 10.2. The Bertz CT molecular complexity index is 1090. The van der Waals surface area contributed by atoms with Gasteiger partial charge in [-0.2, -0.15) is 0 Å². The van der Waals surface area contributed by atoms with Gasteiger partial charge in [-0.3, -0.25) is 9.59 Å². The fourth-order valence-electron chi connectivity index (χ4n) is 3.92. The molecule has 0 unspecified atom stereocenters. The molecule has 1 fully saturated rings. The summed E-state index contributed by atoms with van der Waals surface area (Å²) in [6.45, 7) is 5.97. The normalized spacial score (nSPS) is 15.6. The van der Waals surface area contributed by atoms with Crippen LogP contribution in [0.3, 0.4) is 0 Å². The zero-order valence-corrected chi connectivity index (χ0v) is 21.0. The highest BCUT2D eigenvalue weighted by atomic mass is 32.2. The van der Waals surface area contributed by atoms with Crippen LogP contribution >= 0.6 is 23.1 Å². The van der Waals surface area contributed by atoms with Crippen LogP contribution in [-0.4, -0.2) is 60.7 Å². The summed E-state index contributed by atoms with van der Waals surface area (Å²) in [4.78, 5) is 33.6. The number of carbonyl (C=O) groups is 2. The van der Waals surface area contributed by atoms with Crippen LogP contribution in [0.2, 0.25) is 0 Å². The number of aromatic nitrogens is 4. The number of benzene rings is 1. The van der Waals surface area contributed by atoms with E-state index in [-0.39, 0.29) is 23.6 Å². The largest absolute Gasteiger partial charge is 0.336 e. The molecule has 0 spiro atoms. The van der Waals surface area contributed by atoms with E-state index < -0.39 is 0 Å². The minimum absolute atomic E-state index is 0.0154. The molecule has 0 N–H and O–H groups in total. The smallest absolute Gasteiger partial charge is 0.233 e. The predicted octanol–water partition coefficient (Wildman–Crippen LogP) is 4.12. The average molecular weight is 487 g/mol. The van der Waals surface area contributed by atoms with E-state index in [1.54, 1.807) is 16.2 Å². The molecule has 0 radical (unpaired) electrons. The van der Waals surface area contributed by atoms with Crippen molar-refractivity contribution in [3.05, 3.63) is 35.1 Å². The van der Waals surface area contributed by atoms with Crippen molar-refractivity contribution in [1.29, 1.82) is 0 Å². The first-order chi connectivity index (χ1) is 16.0. The van der Waals surface area contributed by atoms with Crippen LogP contribution in [-0.2, 0) is 22.7 Å². The molecule has 1 saturated heterocycles. The van der Waals surface area contributed by atoms with Crippen LogP contribution in [0.1, 0.15) is 56.4 Å². The van der Waals surface area contributed by atoms with E-state index in [1.807, 2.05) is 48.6 Å². The first-order valence-corrected chi connectivity index (χ1v) is 13.2. The SMILES string of the molecule is CCn1c(CN2CCCCCC2=O)nnc1SCC(=O)N(C)[C@@H](C)c1nc2ccccc2s1. The first-order valence-electron chi connectivity index (χ1n) is 11.4. The minimum Gasteiger partial charge on any atom is -0.336 e. The second-order valence-electron chi connectivity index (χ2n) is 8.26. The quantitative estimate of drug-likeness (QED) is 0.445. The van der Waals surface area contributed by atoms with Crippen molar-refractivity contribution in [1.82, 2.24) is 29.5 Å². The summed E-state index contributed by atoms with van der Waals surface area (Å²) in [5.74, 6) is 1.25. The minimum atomic E-state index is -0.107. The van der Waals surface area contributed by atoms with E-state index in [0.29, 0.717) is 24.7 Å². The summed E-state index contributed by atoms with van der Waals surface area (Å²) in [5, 5.41) is 10.3. The number of nitrogens with zero attached hydrogens (tertiary/aromatic N) is 6. The third kappa shape index (κ3) is 5.38. The maximum absolute atomic E-state index is 12.9. The highest BCUT2D eigenvalue weighted by Crippen LogP contribution is 2.29. The molecule has 0 saturated carbocycles. The molecule has 33 heavy (non-hydrogen) atoms. The molecule has 0 bridgehead atoms. The lowest BCUT2D eigenvalue weighted by Gasteiger charge is -2.23. The number of rotatable bonds is 8. The van der Waals surface area contributed by atoms with Crippen molar-refractivity contribution in [2.24, 2.45) is 0 Å². The molecule has 176 valence electrons. The Hall–Kier alpha value is -2.46. The number of likely N-dealkylation sites (tertiary alicyclic amines) is 1. The second-order valence-corrected chi connectivity index (χ2v) is 10.3. The summed E-state index contributed by atoms with van der Waals surface area (Å²) >= 11 is 3.01. The fourth-order valence-corrected chi connectivity index (χ4v) is 5.92. The molecule has 8 nitrogen and oxygen atoms in total. The third-order valence-electron chi connectivity index (χ3n) is 6.08. The molecule has 2 aromatic heterocycles. The van der Waals surface area contributed by atoms with Crippen molar-refractivity contribution in [2.45, 2.75) is 63.8 Å². The van der Waals surface area contributed by atoms with Crippen LogP contribution < -0.4 is 0 Å². The van der Waals surface area contributed by atoms with Gasteiger partial charge >= 0.3 is 0 Å².